The highest BCUT2D eigenvalue weighted by Gasteiger charge is 2.21. The predicted molar refractivity (Wildman–Crippen MR) is 127 cm³/mol. The second-order valence-electron chi connectivity index (χ2n) is 8.01. The van der Waals surface area contributed by atoms with Gasteiger partial charge >= 0.3 is 0 Å². The number of halogens is 1. The van der Waals surface area contributed by atoms with Gasteiger partial charge in [-0.05, 0) is 49.3 Å². The molecular formula is C24H28FN5S. The van der Waals surface area contributed by atoms with E-state index < -0.39 is 0 Å². The maximum Gasteiger partial charge on any atom is 0.173 e. The van der Waals surface area contributed by atoms with E-state index in [1.165, 1.54) is 11.6 Å². The van der Waals surface area contributed by atoms with E-state index in [9.17, 15) is 4.39 Å². The van der Waals surface area contributed by atoms with Crippen molar-refractivity contribution in [3.8, 4) is 0 Å². The zero-order valence-electron chi connectivity index (χ0n) is 18.0. The molecule has 1 saturated heterocycles. The topological polar surface area (TPSA) is 36.3 Å². The van der Waals surface area contributed by atoms with Gasteiger partial charge in [-0.2, -0.15) is 5.10 Å². The molecule has 0 atom stereocenters. The minimum absolute atomic E-state index is 0.180. The lowest BCUT2D eigenvalue weighted by Crippen LogP contribution is -2.49. The Kier molecular flexibility index (Phi) is 6.63. The van der Waals surface area contributed by atoms with Crippen LogP contribution >= 0.6 is 12.2 Å². The second-order valence-corrected chi connectivity index (χ2v) is 8.40. The molecule has 0 saturated carbocycles. The molecule has 1 aromatic heterocycles. The molecule has 1 N–H and O–H groups in total. The van der Waals surface area contributed by atoms with Gasteiger partial charge in [0.2, 0.25) is 0 Å². The first kappa shape index (κ1) is 21.5. The highest BCUT2D eigenvalue weighted by atomic mass is 32.1. The molecule has 162 valence electrons. The summed E-state index contributed by atoms with van der Waals surface area (Å²) in [4.78, 5) is 4.53. The molecule has 1 fully saturated rings. The number of rotatable bonds is 5. The van der Waals surface area contributed by atoms with Crippen LogP contribution in [0.15, 0.2) is 54.6 Å². The molecule has 0 bridgehead atoms. The normalized spacial score (nSPS) is 14.6. The maximum atomic E-state index is 13.4. The van der Waals surface area contributed by atoms with Crippen molar-refractivity contribution >= 4 is 23.0 Å². The van der Waals surface area contributed by atoms with Crippen LogP contribution in [0.3, 0.4) is 0 Å². The summed E-state index contributed by atoms with van der Waals surface area (Å²) in [7, 11) is 0. The summed E-state index contributed by atoms with van der Waals surface area (Å²) in [5.74, 6) is -0.180. The van der Waals surface area contributed by atoms with E-state index >= 15 is 0 Å². The van der Waals surface area contributed by atoms with Crippen molar-refractivity contribution in [1.29, 1.82) is 0 Å². The highest BCUT2D eigenvalue weighted by Crippen LogP contribution is 2.21. The van der Waals surface area contributed by atoms with Gasteiger partial charge in [-0.15, -0.1) is 0 Å². The second kappa shape index (κ2) is 9.58. The van der Waals surface area contributed by atoms with E-state index in [0.29, 0.717) is 0 Å². The van der Waals surface area contributed by atoms with Crippen molar-refractivity contribution in [3.05, 3.63) is 82.9 Å². The fraction of sp³-hybridized carbons (Fsp3) is 0.333. The molecular weight excluding hydrogens is 409 g/mol. The Balaban J connectivity index is 1.34. The Hall–Kier alpha value is -2.77. The standard InChI is InChI=1S/C24H28FN5S/c1-18-23(19(2)30(27-18)17-20-7-4-3-5-8-20)26-24(31)29-13-11-28(12-14-29)16-21-9-6-10-22(25)15-21/h3-10,15H,11-14,16-17H2,1-2H3,(H,26,31). The summed E-state index contributed by atoms with van der Waals surface area (Å²) in [6.45, 7) is 9.06. The molecule has 1 aliphatic heterocycles. The van der Waals surface area contributed by atoms with Crippen LogP contribution in [0, 0.1) is 19.7 Å². The van der Waals surface area contributed by atoms with Gasteiger partial charge in [0.15, 0.2) is 5.11 Å². The van der Waals surface area contributed by atoms with Gasteiger partial charge in [-0.1, -0.05) is 42.5 Å². The van der Waals surface area contributed by atoms with Crippen LogP contribution in [0.5, 0.6) is 0 Å². The van der Waals surface area contributed by atoms with Gasteiger partial charge in [0, 0.05) is 32.7 Å². The van der Waals surface area contributed by atoms with Crippen LogP contribution in [0.25, 0.3) is 0 Å². The van der Waals surface area contributed by atoms with Crippen LogP contribution in [-0.4, -0.2) is 50.9 Å². The number of nitrogens with zero attached hydrogens (tertiary/aromatic N) is 4. The minimum atomic E-state index is -0.180. The van der Waals surface area contributed by atoms with Crippen molar-refractivity contribution in [2.45, 2.75) is 26.9 Å². The number of anilines is 1. The smallest absolute Gasteiger partial charge is 0.173 e. The maximum absolute atomic E-state index is 13.4. The summed E-state index contributed by atoms with van der Waals surface area (Å²) < 4.78 is 15.4. The lowest BCUT2D eigenvalue weighted by molar-refractivity contribution is 0.177. The molecule has 7 heteroatoms. The molecule has 2 aromatic carbocycles. The Morgan fingerprint density at radius 3 is 2.39 bits per heavy atom. The van der Waals surface area contributed by atoms with Crippen LogP contribution < -0.4 is 5.32 Å². The molecule has 3 aromatic rings. The van der Waals surface area contributed by atoms with Crippen LogP contribution in [0.2, 0.25) is 0 Å². The molecule has 31 heavy (non-hydrogen) atoms. The first-order valence-corrected chi connectivity index (χ1v) is 11.0. The van der Waals surface area contributed by atoms with Gasteiger partial charge in [-0.25, -0.2) is 4.39 Å². The first-order valence-electron chi connectivity index (χ1n) is 10.6. The number of nitrogens with one attached hydrogen (secondary N) is 1. The molecule has 4 rings (SSSR count). The molecule has 2 heterocycles. The van der Waals surface area contributed by atoms with E-state index in [-0.39, 0.29) is 5.82 Å². The predicted octanol–water partition coefficient (Wildman–Crippen LogP) is 4.20. The zero-order chi connectivity index (χ0) is 21.8. The fourth-order valence-corrected chi connectivity index (χ4v) is 4.26. The summed E-state index contributed by atoms with van der Waals surface area (Å²) in [6.07, 6.45) is 0. The van der Waals surface area contributed by atoms with E-state index in [1.807, 2.05) is 35.9 Å². The summed E-state index contributed by atoms with van der Waals surface area (Å²) in [5.41, 5.74) is 5.24. The molecule has 0 spiro atoms. The average Bonchev–Trinajstić information content (AvgIpc) is 3.02. The fourth-order valence-electron chi connectivity index (χ4n) is 3.98. The lowest BCUT2D eigenvalue weighted by atomic mass is 10.2. The zero-order valence-corrected chi connectivity index (χ0v) is 18.8. The highest BCUT2D eigenvalue weighted by molar-refractivity contribution is 7.80. The number of hydrogen-bond donors (Lipinski definition) is 1. The van der Waals surface area contributed by atoms with Gasteiger partial charge < -0.3 is 10.2 Å². The third kappa shape index (κ3) is 5.29. The number of aromatic nitrogens is 2. The molecule has 0 radical (unpaired) electrons. The van der Waals surface area contributed by atoms with Crippen molar-refractivity contribution < 1.29 is 4.39 Å². The number of thiocarbonyl (C=S) groups is 1. The van der Waals surface area contributed by atoms with E-state index in [4.69, 9.17) is 17.3 Å². The van der Waals surface area contributed by atoms with Crippen LogP contribution in [0.4, 0.5) is 10.1 Å². The molecule has 0 unspecified atom stereocenters. The minimum Gasteiger partial charge on any atom is -0.346 e. The van der Waals surface area contributed by atoms with Crippen molar-refractivity contribution in [3.63, 3.8) is 0 Å². The Bertz CT molecular complexity index is 1040. The van der Waals surface area contributed by atoms with E-state index in [0.717, 1.165) is 67.0 Å². The van der Waals surface area contributed by atoms with Crippen molar-refractivity contribution in [1.82, 2.24) is 19.6 Å². The summed E-state index contributed by atoms with van der Waals surface area (Å²) in [5, 5.41) is 8.87. The Labute approximate surface area is 188 Å². The summed E-state index contributed by atoms with van der Waals surface area (Å²) >= 11 is 5.71. The average molecular weight is 438 g/mol. The molecule has 0 amide bonds. The number of benzene rings is 2. The van der Waals surface area contributed by atoms with Crippen LogP contribution in [-0.2, 0) is 13.1 Å². The summed E-state index contributed by atoms with van der Waals surface area (Å²) in [6, 6.07) is 17.2. The SMILES string of the molecule is Cc1nn(Cc2ccccc2)c(C)c1NC(=S)N1CCN(Cc2cccc(F)c2)CC1. The van der Waals surface area contributed by atoms with E-state index in [1.54, 1.807) is 12.1 Å². The third-order valence-corrected chi connectivity index (χ3v) is 6.10. The monoisotopic (exact) mass is 437 g/mol. The van der Waals surface area contributed by atoms with Gasteiger partial charge in [0.25, 0.3) is 0 Å². The van der Waals surface area contributed by atoms with Gasteiger partial charge in [0.1, 0.15) is 5.82 Å². The lowest BCUT2D eigenvalue weighted by Gasteiger charge is -2.36. The first-order chi connectivity index (χ1) is 15.0. The Morgan fingerprint density at radius 1 is 0.968 bits per heavy atom. The number of piperazine rings is 1. The number of hydrogen-bond acceptors (Lipinski definition) is 3. The largest absolute Gasteiger partial charge is 0.346 e. The third-order valence-electron chi connectivity index (χ3n) is 5.74. The van der Waals surface area contributed by atoms with Crippen molar-refractivity contribution in [2.24, 2.45) is 0 Å². The molecule has 0 aliphatic carbocycles. The van der Waals surface area contributed by atoms with Crippen molar-refractivity contribution in [2.75, 3.05) is 31.5 Å². The van der Waals surface area contributed by atoms with Crippen LogP contribution in [0.1, 0.15) is 22.5 Å². The van der Waals surface area contributed by atoms with Gasteiger partial charge in [-0.3, -0.25) is 9.58 Å². The number of aryl methyl sites for hydroxylation is 1. The van der Waals surface area contributed by atoms with Gasteiger partial charge in [0.05, 0.1) is 23.6 Å². The quantitative estimate of drug-likeness (QED) is 0.606. The van der Waals surface area contributed by atoms with E-state index in [2.05, 4.69) is 34.2 Å². The molecule has 1 aliphatic rings. The Morgan fingerprint density at radius 2 is 1.68 bits per heavy atom. The molecule has 5 nitrogen and oxygen atoms in total.